The number of carbonyl (C=O) groups is 1. The lowest BCUT2D eigenvalue weighted by atomic mass is 10.4. The Balaban J connectivity index is 0. The number of carbonyl (C=O) groups excluding carboxylic acids is 1. The maximum absolute atomic E-state index is 11.3. The Hall–Kier alpha value is -0.570. The molecule has 0 aromatic carbocycles. The molecule has 114 valence electrons. The maximum atomic E-state index is 11.3. The first-order valence-electron chi connectivity index (χ1n) is 6.30. The van der Waals surface area contributed by atoms with E-state index < -0.39 is 0 Å². The molecule has 0 aromatic heterocycles. The van der Waals surface area contributed by atoms with E-state index in [2.05, 4.69) is 15.6 Å². The van der Waals surface area contributed by atoms with Crippen LogP contribution in [0.15, 0.2) is 4.99 Å². The van der Waals surface area contributed by atoms with Crippen molar-refractivity contribution in [2.45, 2.75) is 33.3 Å². The summed E-state index contributed by atoms with van der Waals surface area (Å²) >= 11 is 0. The van der Waals surface area contributed by atoms with Crippen molar-refractivity contribution in [3.05, 3.63) is 0 Å². The predicted molar refractivity (Wildman–Crippen MR) is 87.1 cm³/mol. The maximum Gasteiger partial charge on any atom is 0.307 e. The van der Waals surface area contributed by atoms with Crippen molar-refractivity contribution in [1.82, 2.24) is 10.6 Å². The van der Waals surface area contributed by atoms with Crippen molar-refractivity contribution in [3.8, 4) is 0 Å². The van der Waals surface area contributed by atoms with E-state index in [1.165, 1.54) is 0 Å². The van der Waals surface area contributed by atoms with Crippen LogP contribution in [-0.2, 0) is 14.3 Å². The quantitative estimate of drug-likeness (QED) is 0.215. The van der Waals surface area contributed by atoms with Crippen LogP contribution in [0.25, 0.3) is 0 Å². The van der Waals surface area contributed by atoms with Crippen molar-refractivity contribution in [2.24, 2.45) is 4.99 Å². The molecule has 0 rings (SSSR count). The van der Waals surface area contributed by atoms with Crippen LogP contribution in [0, 0.1) is 0 Å². The fraction of sp³-hybridized carbons (Fsp3) is 0.833. The average molecular weight is 387 g/mol. The van der Waals surface area contributed by atoms with E-state index in [4.69, 9.17) is 9.47 Å². The number of nitrogens with zero attached hydrogens (tertiary/aromatic N) is 1. The second-order valence-electron chi connectivity index (χ2n) is 3.97. The van der Waals surface area contributed by atoms with Crippen molar-refractivity contribution in [1.29, 1.82) is 0 Å². The van der Waals surface area contributed by atoms with Crippen molar-refractivity contribution < 1.29 is 14.3 Å². The zero-order valence-corrected chi connectivity index (χ0v) is 14.5. The van der Waals surface area contributed by atoms with Gasteiger partial charge < -0.3 is 20.1 Å². The molecule has 0 heterocycles. The van der Waals surface area contributed by atoms with E-state index in [9.17, 15) is 4.79 Å². The fourth-order valence-corrected chi connectivity index (χ4v) is 1.20. The van der Waals surface area contributed by atoms with Crippen LogP contribution in [-0.4, -0.2) is 51.4 Å². The van der Waals surface area contributed by atoms with E-state index in [0.717, 1.165) is 6.54 Å². The first-order chi connectivity index (χ1) is 8.60. The van der Waals surface area contributed by atoms with Gasteiger partial charge in [-0.15, -0.1) is 24.0 Å². The minimum atomic E-state index is -0.203. The Morgan fingerprint density at radius 3 is 2.53 bits per heavy atom. The molecule has 0 aliphatic rings. The summed E-state index contributed by atoms with van der Waals surface area (Å²) in [5.41, 5.74) is 0. The third-order valence-corrected chi connectivity index (χ3v) is 1.90. The summed E-state index contributed by atoms with van der Waals surface area (Å²) in [6.45, 7) is 8.09. The van der Waals surface area contributed by atoms with E-state index >= 15 is 0 Å². The number of rotatable bonds is 8. The molecule has 0 atom stereocenters. The monoisotopic (exact) mass is 387 g/mol. The lowest BCUT2D eigenvalue weighted by molar-refractivity contribution is -0.147. The molecule has 19 heavy (non-hydrogen) atoms. The highest BCUT2D eigenvalue weighted by atomic mass is 127. The molecule has 0 unspecified atom stereocenters. The smallest absolute Gasteiger partial charge is 0.307 e. The number of hydrogen-bond donors (Lipinski definition) is 2. The molecule has 7 heteroatoms. The van der Waals surface area contributed by atoms with Crippen LogP contribution in [0.3, 0.4) is 0 Å². The van der Waals surface area contributed by atoms with Crippen LogP contribution in [0.4, 0.5) is 0 Å². The number of nitrogens with one attached hydrogen (secondary N) is 2. The molecular formula is C12H26IN3O3. The van der Waals surface area contributed by atoms with Gasteiger partial charge in [0.1, 0.15) is 0 Å². The zero-order valence-electron chi connectivity index (χ0n) is 12.2. The molecule has 0 fully saturated rings. The molecule has 0 saturated carbocycles. The van der Waals surface area contributed by atoms with Crippen LogP contribution in [0.1, 0.15) is 27.2 Å². The summed E-state index contributed by atoms with van der Waals surface area (Å²) in [5, 5.41) is 6.15. The summed E-state index contributed by atoms with van der Waals surface area (Å²) in [5.74, 6) is 0.483. The molecule has 6 nitrogen and oxygen atoms in total. The van der Waals surface area contributed by atoms with Crippen LogP contribution < -0.4 is 10.6 Å². The highest BCUT2D eigenvalue weighted by Gasteiger charge is 2.05. The summed E-state index contributed by atoms with van der Waals surface area (Å²) in [7, 11) is 1.64. The second-order valence-corrected chi connectivity index (χ2v) is 3.97. The molecule has 0 saturated heterocycles. The first-order valence-corrected chi connectivity index (χ1v) is 6.30. The Morgan fingerprint density at radius 2 is 2.00 bits per heavy atom. The van der Waals surface area contributed by atoms with Gasteiger partial charge >= 0.3 is 5.97 Å². The Kier molecular flexibility index (Phi) is 15.1. The van der Waals surface area contributed by atoms with Gasteiger partial charge in [-0.25, -0.2) is 0 Å². The van der Waals surface area contributed by atoms with Crippen LogP contribution in [0.2, 0.25) is 0 Å². The average Bonchev–Trinajstić information content (AvgIpc) is 2.28. The SMILES string of the molecule is CCNC(=NCCOC)NCCC(=O)OC(C)C.I. The molecule has 0 aliphatic heterocycles. The largest absolute Gasteiger partial charge is 0.463 e. The lowest BCUT2D eigenvalue weighted by Gasteiger charge is -2.11. The highest BCUT2D eigenvalue weighted by molar-refractivity contribution is 14.0. The van der Waals surface area contributed by atoms with Crippen molar-refractivity contribution in [2.75, 3.05) is 33.4 Å². The van der Waals surface area contributed by atoms with E-state index in [-0.39, 0.29) is 36.0 Å². The number of guanidine groups is 1. The van der Waals surface area contributed by atoms with Gasteiger partial charge in [0, 0.05) is 20.2 Å². The molecule has 0 amide bonds. The summed E-state index contributed by atoms with van der Waals surface area (Å²) in [6.07, 6.45) is 0.258. The number of esters is 1. The standard InChI is InChI=1S/C12H25N3O3.HI/c1-5-13-12(15-8-9-17-4)14-7-6-11(16)18-10(2)3;/h10H,5-9H2,1-4H3,(H2,13,14,15);1H. The number of methoxy groups -OCH3 is 1. The molecular weight excluding hydrogens is 361 g/mol. The molecule has 2 N–H and O–H groups in total. The van der Waals surface area contributed by atoms with Gasteiger partial charge in [0.05, 0.1) is 25.7 Å². The second kappa shape index (κ2) is 13.9. The number of ether oxygens (including phenoxy) is 2. The van der Waals surface area contributed by atoms with Gasteiger partial charge in [-0.2, -0.15) is 0 Å². The summed E-state index contributed by atoms with van der Waals surface area (Å²) in [4.78, 5) is 15.6. The molecule has 0 aliphatic carbocycles. The number of hydrogen-bond acceptors (Lipinski definition) is 4. The topological polar surface area (TPSA) is 72.0 Å². The van der Waals surface area contributed by atoms with E-state index in [1.54, 1.807) is 7.11 Å². The molecule has 0 spiro atoms. The third-order valence-electron chi connectivity index (χ3n) is 1.90. The number of halogens is 1. The van der Waals surface area contributed by atoms with Gasteiger partial charge in [-0.05, 0) is 20.8 Å². The Bertz CT molecular complexity index is 261. The lowest BCUT2D eigenvalue weighted by Crippen LogP contribution is -2.38. The van der Waals surface area contributed by atoms with Crippen molar-refractivity contribution >= 4 is 35.9 Å². The van der Waals surface area contributed by atoms with Gasteiger partial charge in [0.25, 0.3) is 0 Å². The minimum Gasteiger partial charge on any atom is -0.463 e. The van der Waals surface area contributed by atoms with Gasteiger partial charge in [-0.3, -0.25) is 9.79 Å². The highest BCUT2D eigenvalue weighted by Crippen LogP contribution is 1.92. The predicted octanol–water partition coefficient (Wildman–Crippen LogP) is 1.15. The fourth-order valence-electron chi connectivity index (χ4n) is 1.20. The van der Waals surface area contributed by atoms with E-state index in [0.29, 0.717) is 32.1 Å². The molecule has 0 aromatic rings. The Morgan fingerprint density at radius 1 is 1.32 bits per heavy atom. The minimum absolute atomic E-state index is 0. The van der Waals surface area contributed by atoms with E-state index in [1.807, 2.05) is 20.8 Å². The molecule has 0 bridgehead atoms. The zero-order chi connectivity index (χ0) is 13.8. The first kappa shape index (κ1) is 20.7. The van der Waals surface area contributed by atoms with Gasteiger partial charge in [0.15, 0.2) is 5.96 Å². The van der Waals surface area contributed by atoms with Crippen molar-refractivity contribution in [3.63, 3.8) is 0 Å². The van der Waals surface area contributed by atoms with Crippen LogP contribution >= 0.6 is 24.0 Å². The molecule has 0 radical (unpaired) electrons. The van der Waals surface area contributed by atoms with Gasteiger partial charge in [0.2, 0.25) is 0 Å². The summed E-state index contributed by atoms with van der Waals surface area (Å²) in [6, 6.07) is 0. The van der Waals surface area contributed by atoms with Crippen LogP contribution in [0.5, 0.6) is 0 Å². The normalized spacial score (nSPS) is 10.9. The summed E-state index contributed by atoms with van der Waals surface area (Å²) < 4.78 is 9.95. The Labute approximate surface area is 132 Å². The number of aliphatic imine (C=N–C) groups is 1. The van der Waals surface area contributed by atoms with Gasteiger partial charge in [-0.1, -0.05) is 0 Å². The third kappa shape index (κ3) is 13.7.